The molecule has 5 nitrogen and oxygen atoms in total. The lowest BCUT2D eigenvalue weighted by molar-refractivity contribution is 0.0883. The van der Waals surface area contributed by atoms with Gasteiger partial charge in [0, 0.05) is 12.6 Å². The number of furan rings is 1. The van der Waals surface area contributed by atoms with E-state index in [0.717, 1.165) is 12.8 Å². The summed E-state index contributed by atoms with van der Waals surface area (Å²) in [5.41, 5.74) is 5.87. The molecule has 1 atom stereocenters. The second-order valence-corrected chi connectivity index (χ2v) is 6.72. The third kappa shape index (κ3) is 4.85. The minimum Gasteiger partial charge on any atom is -0.486 e. The standard InChI is InChI=1S/C20H25FN2O3/c21-15-6-8-16(9-7-15)25-13-17-10-11-19(26-17)20(24)23-18(12-22)14-4-2-1-3-5-14/h6-11,14,18H,1-5,12-13,22H2,(H,23,24). The Kier molecular flexibility index (Phi) is 6.28. The molecule has 3 N–H and O–H groups in total. The number of carbonyl (C=O) groups excluding carboxylic acids is 1. The molecule has 1 saturated carbocycles. The van der Waals surface area contributed by atoms with Crippen LogP contribution in [0.25, 0.3) is 0 Å². The lowest BCUT2D eigenvalue weighted by atomic mass is 9.84. The number of hydrogen-bond donors (Lipinski definition) is 2. The van der Waals surface area contributed by atoms with Crippen molar-refractivity contribution in [2.24, 2.45) is 11.7 Å². The summed E-state index contributed by atoms with van der Waals surface area (Å²) < 4.78 is 24.0. The molecule has 140 valence electrons. The lowest BCUT2D eigenvalue weighted by Crippen LogP contribution is -2.45. The third-order valence-electron chi connectivity index (χ3n) is 4.87. The van der Waals surface area contributed by atoms with Crippen LogP contribution in [0.2, 0.25) is 0 Å². The van der Waals surface area contributed by atoms with E-state index in [1.807, 2.05) is 0 Å². The zero-order valence-electron chi connectivity index (χ0n) is 14.7. The van der Waals surface area contributed by atoms with Crippen LogP contribution in [0.1, 0.15) is 48.4 Å². The summed E-state index contributed by atoms with van der Waals surface area (Å²) in [5.74, 6) is 1.18. The maximum absolute atomic E-state index is 12.9. The third-order valence-corrected chi connectivity index (χ3v) is 4.87. The van der Waals surface area contributed by atoms with Gasteiger partial charge in [-0.1, -0.05) is 19.3 Å². The Labute approximate surface area is 152 Å². The van der Waals surface area contributed by atoms with Crippen molar-refractivity contribution in [1.82, 2.24) is 5.32 Å². The average molecular weight is 360 g/mol. The predicted octanol–water partition coefficient (Wildman–Crippen LogP) is 3.64. The van der Waals surface area contributed by atoms with Crippen LogP contribution >= 0.6 is 0 Å². The van der Waals surface area contributed by atoms with Crippen molar-refractivity contribution in [3.63, 3.8) is 0 Å². The number of rotatable bonds is 7. The molecule has 6 heteroatoms. The second-order valence-electron chi connectivity index (χ2n) is 6.72. The maximum Gasteiger partial charge on any atom is 0.287 e. The fourth-order valence-corrected chi connectivity index (χ4v) is 3.41. The number of halogens is 1. The molecule has 1 fully saturated rings. The molecule has 26 heavy (non-hydrogen) atoms. The van der Waals surface area contributed by atoms with Crippen LogP contribution < -0.4 is 15.8 Å². The predicted molar refractivity (Wildman–Crippen MR) is 96.3 cm³/mol. The zero-order valence-corrected chi connectivity index (χ0v) is 14.7. The topological polar surface area (TPSA) is 77.5 Å². The van der Waals surface area contributed by atoms with E-state index in [9.17, 15) is 9.18 Å². The van der Waals surface area contributed by atoms with Crippen molar-refractivity contribution in [2.45, 2.75) is 44.8 Å². The van der Waals surface area contributed by atoms with Gasteiger partial charge in [-0.2, -0.15) is 0 Å². The number of hydrogen-bond acceptors (Lipinski definition) is 4. The lowest BCUT2D eigenvalue weighted by Gasteiger charge is -2.29. The van der Waals surface area contributed by atoms with Gasteiger partial charge in [0.15, 0.2) is 5.76 Å². The summed E-state index contributed by atoms with van der Waals surface area (Å²) >= 11 is 0. The molecule has 2 aromatic rings. The van der Waals surface area contributed by atoms with Crippen LogP contribution in [0.5, 0.6) is 5.75 Å². The summed E-state index contributed by atoms with van der Waals surface area (Å²) in [5, 5.41) is 3.01. The first-order valence-corrected chi connectivity index (χ1v) is 9.13. The molecular weight excluding hydrogens is 335 g/mol. The van der Waals surface area contributed by atoms with E-state index >= 15 is 0 Å². The number of nitrogens with one attached hydrogen (secondary N) is 1. The molecule has 3 rings (SSSR count). The molecule has 1 amide bonds. The normalized spacial score (nSPS) is 16.2. The molecule has 0 bridgehead atoms. The molecule has 1 aliphatic rings. The molecule has 1 heterocycles. The van der Waals surface area contributed by atoms with Crippen LogP contribution in [0.15, 0.2) is 40.8 Å². The highest BCUT2D eigenvalue weighted by Crippen LogP contribution is 2.26. The van der Waals surface area contributed by atoms with Crippen molar-refractivity contribution in [1.29, 1.82) is 0 Å². The fraction of sp³-hybridized carbons (Fsp3) is 0.450. The molecule has 1 aromatic carbocycles. The molecule has 1 aliphatic carbocycles. The highest BCUT2D eigenvalue weighted by Gasteiger charge is 2.25. The van der Waals surface area contributed by atoms with Gasteiger partial charge in [0.1, 0.15) is 23.9 Å². The summed E-state index contributed by atoms with van der Waals surface area (Å²) in [6.45, 7) is 0.597. The maximum atomic E-state index is 12.9. The quantitative estimate of drug-likeness (QED) is 0.790. The average Bonchev–Trinajstić information content (AvgIpc) is 3.15. The molecule has 1 aromatic heterocycles. The Bertz CT molecular complexity index is 708. The van der Waals surface area contributed by atoms with Gasteiger partial charge in [-0.25, -0.2) is 4.39 Å². The Morgan fingerprint density at radius 3 is 2.62 bits per heavy atom. The van der Waals surface area contributed by atoms with E-state index in [1.165, 1.54) is 31.4 Å². The van der Waals surface area contributed by atoms with Crippen LogP contribution in [-0.4, -0.2) is 18.5 Å². The minimum atomic E-state index is -0.318. The summed E-state index contributed by atoms with van der Waals surface area (Å²) in [6, 6.07) is 9.06. The number of carbonyl (C=O) groups is 1. The van der Waals surface area contributed by atoms with E-state index in [-0.39, 0.29) is 30.1 Å². The largest absolute Gasteiger partial charge is 0.486 e. The Hall–Kier alpha value is -2.34. The summed E-state index contributed by atoms with van der Waals surface area (Å²) in [4.78, 5) is 12.4. The fourth-order valence-electron chi connectivity index (χ4n) is 3.41. The van der Waals surface area contributed by atoms with Gasteiger partial charge < -0.3 is 20.2 Å². The van der Waals surface area contributed by atoms with E-state index in [2.05, 4.69) is 5.32 Å². The van der Waals surface area contributed by atoms with Gasteiger partial charge in [-0.05, 0) is 55.2 Å². The Balaban J connectivity index is 1.54. The SMILES string of the molecule is NCC(NC(=O)c1ccc(COc2ccc(F)cc2)o1)C1CCCCC1. The molecule has 0 radical (unpaired) electrons. The van der Waals surface area contributed by atoms with Crippen LogP contribution in [-0.2, 0) is 6.61 Å². The monoisotopic (exact) mass is 360 g/mol. The smallest absolute Gasteiger partial charge is 0.287 e. The van der Waals surface area contributed by atoms with Gasteiger partial charge in [0.25, 0.3) is 5.91 Å². The minimum absolute atomic E-state index is 0.0215. The first kappa shape index (κ1) is 18.5. The number of nitrogens with two attached hydrogens (primary N) is 1. The number of amides is 1. The van der Waals surface area contributed by atoms with Gasteiger partial charge >= 0.3 is 0 Å². The molecule has 0 aliphatic heterocycles. The summed E-state index contributed by atoms with van der Waals surface area (Å²) in [6.07, 6.45) is 5.87. The second kappa shape index (κ2) is 8.85. The number of benzene rings is 1. The molecule has 0 saturated heterocycles. The van der Waals surface area contributed by atoms with Crippen molar-refractivity contribution in [3.05, 3.63) is 53.7 Å². The van der Waals surface area contributed by atoms with E-state index in [0.29, 0.717) is 24.0 Å². The van der Waals surface area contributed by atoms with E-state index in [1.54, 1.807) is 24.3 Å². The van der Waals surface area contributed by atoms with Gasteiger partial charge in [0.2, 0.25) is 0 Å². The zero-order chi connectivity index (χ0) is 18.4. The first-order valence-electron chi connectivity index (χ1n) is 9.13. The highest BCUT2D eigenvalue weighted by molar-refractivity contribution is 5.91. The Morgan fingerprint density at radius 2 is 1.92 bits per heavy atom. The van der Waals surface area contributed by atoms with Gasteiger partial charge in [0.05, 0.1) is 0 Å². The van der Waals surface area contributed by atoms with Crippen molar-refractivity contribution in [3.8, 4) is 5.75 Å². The van der Waals surface area contributed by atoms with Gasteiger partial charge in [-0.3, -0.25) is 4.79 Å². The number of ether oxygens (including phenoxy) is 1. The van der Waals surface area contributed by atoms with Crippen molar-refractivity contribution >= 4 is 5.91 Å². The molecule has 1 unspecified atom stereocenters. The van der Waals surface area contributed by atoms with E-state index < -0.39 is 0 Å². The summed E-state index contributed by atoms with van der Waals surface area (Å²) in [7, 11) is 0. The van der Waals surface area contributed by atoms with Crippen LogP contribution in [0.4, 0.5) is 4.39 Å². The van der Waals surface area contributed by atoms with Crippen LogP contribution in [0, 0.1) is 11.7 Å². The van der Waals surface area contributed by atoms with Gasteiger partial charge in [-0.15, -0.1) is 0 Å². The van der Waals surface area contributed by atoms with Crippen molar-refractivity contribution < 1.29 is 18.3 Å². The van der Waals surface area contributed by atoms with E-state index in [4.69, 9.17) is 14.9 Å². The Morgan fingerprint density at radius 1 is 1.19 bits per heavy atom. The first-order chi connectivity index (χ1) is 12.7. The molecule has 0 spiro atoms. The van der Waals surface area contributed by atoms with Crippen molar-refractivity contribution in [2.75, 3.05) is 6.54 Å². The molecular formula is C20H25FN2O3. The highest BCUT2D eigenvalue weighted by atomic mass is 19.1. The van der Waals surface area contributed by atoms with Crippen LogP contribution in [0.3, 0.4) is 0 Å².